The number of rotatable bonds is 5. The van der Waals surface area contributed by atoms with Crippen LogP contribution >= 0.6 is 27.3 Å². The van der Waals surface area contributed by atoms with Gasteiger partial charge in [0.05, 0.1) is 11.0 Å². The van der Waals surface area contributed by atoms with Gasteiger partial charge < -0.3 is 5.32 Å². The SMILES string of the molecule is CC(C)C(Nc1ccc([N+](=O)[O-])cc1Br)c1cccs1. The number of nitro groups is 1. The van der Waals surface area contributed by atoms with Crippen molar-refractivity contribution in [2.75, 3.05) is 5.32 Å². The zero-order valence-corrected chi connectivity index (χ0v) is 13.6. The monoisotopic (exact) mass is 354 g/mol. The highest BCUT2D eigenvalue weighted by molar-refractivity contribution is 9.10. The zero-order chi connectivity index (χ0) is 14.7. The molecular formula is C14H15BrN2O2S. The van der Waals surface area contributed by atoms with Crippen LogP contribution in [-0.2, 0) is 0 Å². The minimum absolute atomic E-state index is 0.0830. The molecule has 0 aliphatic carbocycles. The third-order valence-corrected chi connectivity index (χ3v) is 4.60. The molecule has 0 bridgehead atoms. The van der Waals surface area contributed by atoms with Crippen LogP contribution in [0.4, 0.5) is 11.4 Å². The molecule has 1 heterocycles. The highest BCUT2D eigenvalue weighted by Gasteiger charge is 2.18. The quantitative estimate of drug-likeness (QED) is 0.590. The van der Waals surface area contributed by atoms with E-state index in [1.807, 2.05) is 6.07 Å². The van der Waals surface area contributed by atoms with Crippen molar-refractivity contribution >= 4 is 38.6 Å². The molecule has 1 unspecified atom stereocenters. The van der Waals surface area contributed by atoms with E-state index in [9.17, 15) is 10.1 Å². The minimum Gasteiger partial charge on any atom is -0.376 e. The lowest BCUT2D eigenvalue weighted by atomic mass is 10.0. The Morgan fingerprint density at radius 2 is 2.10 bits per heavy atom. The topological polar surface area (TPSA) is 55.2 Å². The molecule has 0 aliphatic rings. The summed E-state index contributed by atoms with van der Waals surface area (Å²) in [5, 5.41) is 16.3. The average Bonchev–Trinajstić information content (AvgIpc) is 2.90. The number of nitrogens with zero attached hydrogens (tertiary/aromatic N) is 1. The van der Waals surface area contributed by atoms with Gasteiger partial charge in [0.1, 0.15) is 0 Å². The fourth-order valence-corrected chi connectivity index (χ4v) is 3.37. The third kappa shape index (κ3) is 3.37. The van der Waals surface area contributed by atoms with E-state index in [0.717, 1.165) is 5.69 Å². The van der Waals surface area contributed by atoms with E-state index in [-0.39, 0.29) is 11.7 Å². The summed E-state index contributed by atoms with van der Waals surface area (Å²) in [4.78, 5) is 11.6. The summed E-state index contributed by atoms with van der Waals surface area (Å²) in [6, 6.07) is 9.09. The Labute approximate surface area is 130 Å². The van der Waals surface area contributed by atoms with Crippen LogP contribution in [0.1, 0.15) is 24.8 Å². The molecule has 1 N–H and O–H groups in total. The van der Waals surface area contributed by atoms with E-state index >= 15 is 0 Å². The molecule has 106 valence electrons. The second-order valence-corrected chi connectivity index (χ2v) is 6.64. The fourth-order valence-electron chi connectivity index (χ4n) is 1.94. The van der Waals surface area contributed by atoms with Gasteiger partial charge in [-0.1, -0.05) is 19.9 Å². The molecule has 0 spiro atoms. The van der Waals surface area contributed by atoms with E-state index in [2.05, 4.69) is 46.5 Å². The number of thiophene rings is 1. The third-order valence-electron chi connectivity index (χ3n) is 2.99. The van der Waals surface area contributed by atoms with E-state index < -0.39 is 4.92 Å². The molecule has 0 radical (unpaired) electrons. The van der Waals surface area contributed by atoms with Crippen molar-refractivity contribution in [3.63, 3.8) is 0 Å². The molecule has 2 aromatic rings. The normalized spacial score (nSPS) is 12.4. The number of nitrogens with one attached hydrogen (secondary N) is 1. The van der Waals surface area contributed by atoms with Crippen molar-refractivity contribution < 1.29 is 4.92 Å². The van der Waals surface area contributed by atoms with Crippen LogP contribution < -0.4 is 5.32 Å². The minimum atomic E-state index is -0.395. The first-order valence-electron chi connectivity index (χ1n) is 6.23. The Morgan fingerprint density at radius 3 is 2.60 bits per heavy atom. The smallest absolute Gasteiger partial charge is 0.270 e. The molecule has 0 fully saturated rings. The first-order valence-corrected chi connectivity index (χ1v) is 7.90. The Hall–Kier alpha value is -1.40. The van der Waals surface area contributed by atoms with Crippen LogP contribution in [0, 0.1) is 16.0 Å². The van der Waals surface area contributed by atoms with Gasteiger partial charge in [-0.3, -0.25) is 10.1 Å². The highest BCUT2D eigenvalue weighted by atomic mass is 79.9. The Kier molecular flexibility index (Phi) is 4.77. The van der Waals surface area contributed by atoms with Gasteiger partial charge in [-0.05, 0) is 39.4 Å². The second-order valence-electron chi connectivity index (χ2n) is 4.80. The standard InChI is InChI=1S/C14H15BrN2O2S/c1-9(2)14(13-4-3-7-20-13)16-12-6-5-10(17(18)19)8-11(12)15/h3-9,14,16H,1-2H3. The first-order chi connectivity index (χ1) is 9.49. The molecule has 0 amide bonds. The summed E-state index contributed by atoms with van der Waals surface area (Å²) in [6.45, 7) is 4.30. The highest BCUT2D eigenvalue weighted by Crippen LogP contribution is 2.34. The summed E-state index contributed by atoms with van der Waals surface area (Å²) < 4.78 is 0.703. The lowest BCUT2D eigenvalue weighted by Gasteiger charge is -2.23. The van der Waals surface area contributed by atoms with Gasteiger partial charge >= 0.3 is 0 Å². The van der Waals surface area contributed by atoms with Gasteiger partial charge in [0.25, 0.3) is 5.69 Å². The van der Waals surface area contributed by atoms with Crippen LogP contribution in [0.5, 0.6) is 0 Å². The van der Waals surface area contributed by atoms with Crippen LogP contribution in [0.15, 0.2) is 40.2 Å². The molecule has 2 rings (SSSR count). The molecule has 1 atom stereocenters. The van der Waals surface area contributed by atoms with Crippen molar-refractivity contribution in [3.8, 4) is 0 Å². The van der Waals surface area contributed by atoms with Crippen molar-refractivity contribution in [1.29, 1.82) is 0 Å². The van der Waals surface area contributed by atoms with Gasteiger partial charge in [0.2, 0.25) is 0 Å². The summed E-state index contributed by atoms with van der Waals surface area (Å²) in [7, 11) is 0. The molecular weight excluding hydrogens is 340 g/mol. The molecule has 0 saturated heterocycles. The van der Waals surface area contributed by atoms with Crippen molar-refractivity contribution in [2.24, 2.45) is 5.92 Å². The number of benzene rings is 1. The second kappa shape index (κ2) is 6.37. The maximum atomic E-state index is 10.7. The Bertz CT molecular complexity index is 599. The number of non-ortho nitro benzene ring substituents is 1. The van der Waals surface area contributed by atoms with Gasteiger partial charge in [0, 0.05) is 27.2 Å². The first kappa shape index (κ1) is 15.0. The van der Waals surface area contributed by atoms with E-state index in [0.29, 0.717) is 10.4 Å². The van der Waals surface area contributed by atoms with Gasteiger partial charge in [-0.15, -0.1) is 11.3 Å². The van der Waals surface area contributed by atoms with Crippen molar-refractivity contribution in [2.45, 2.75) is 19.9 Å². The number of hydrogen-bond acceptors (Lipinski definition) is 4. The largest absolute Gasteiger partial charge is 0.376 e. The maximum absolute atomic E-state index is 10.7. The maximum Gasteiger partial charge on any atom is 0.270 e. The number of anilines is 1. The molecule has 1 aromatic carbocycles. The molecule has 1 aromatic heterocycles. The van der Waals surface area contributed by atoms with E-state index in [1.54, 1.807) is 17.4 Å². The summed E-state index contributed by atoms with van der Waals surface area (Å²) in [6.07, 6.45) is 0. The van der Waals surface area contributed by atoms with E-state index in [4.69, 9.17) is 0 Å². The van der Waals surface area contributed by atoms with E-state index in [1.165, 1.54) is 17.0 Å². The van der Waals surface area contributed by atoms with Crippen LogP contribution in [0.2, 0.25) is 0 Å². The molecule has 0 saturated carbocycles. The Morgan fingerprint density at radius 1 is 1.35 bits per heavy atom. The number of halogens is 1. The van der Waals surface area contributed by atoms with Gasteiger partial charge in [-0.2, -0.15) is 0 Å². The predicted octanol–water partition coefficient (Wildman–Crippen LogP) is 5.23. The van der Waals surface area contributed by atoms with Crippen LogP contribution in [0.25, 0.3) is 0 Å². The van der Waals surface area contributed by atoms with Crippen molar-refractivity contribution in [1.82, 2.24) is 0 Å². The lowest BCUT2D eigenvalue weighted by Crippen LogP contribution is -2.15. The molecule has 20 heavy (non-hydrogen) atoms. The summed E-state index contributed by atoms with van der Waals surface area (Å²) >= 11 is 5.10. The summed E-state index contributed by atoms with van der Waals surface area (Å²) in [5.74, 6) is 0.413. The van der Waals surface area contributed by atoms with Gasteiger partial charge in [0.15, 0.2) is 0 Å². The van der Waals surface area contributed by atoms with Crippen LogP contribution in [-0.4, -0.2) is 4.92 Å². The molecule has 0 aliphatic heterocycles. The molecule has 6 heteroatoms. The number of hydrogen-bond donors (Lipinski definition) is 1. The van der Waals surface area contributed by atoms with Crippen LogP contribution in [0.3, 0.4) is 0 Å². The zero-order valence-electron chi connectivity index (χ0n) is 11.2. The number of nitro benzene ring substituents is 1. The fraction of sp³-hybridized carbons (Fsp3) is 0.286. The predicted molar refractivity (Wildman–Crippen MR) is 86.3 cm³/mol. The Balaban J connectivity index is 2.25. The lowest BCUT2D eigenvalue weighted by molar-refractivity contribution is -0.384. The molecule has 4 nitrogen and oxygen atoms in total. The summed E-state index contributed by atoms with van der Waals surface area (Å²) in [5.41, 5.74) is 0.947. The van der Waals surface area contributed by atoms with Gasteiger partial charge in [-0.25, -0.2) is 0 Å². The average molecular weight is 355 g/mol. The van der Waals surface area contributed by atoms with Crippen molar-refractivity contribution in [3.05, 3.63) is 55.2 Å².